The van der Waals surface area contributed by atoms with Crippen LogP contribution in [0.1, 0.15) is 71.6 Å². The van der Waals surface area contributed by atoms with Crippen LogP contribution in [0.5, 0.6) is 0 Å². The molecule has 1 rings (SSSR count). The summed E-state index contributed by atoms with van der Waals surface area (Å²) in [4.78, 5) is 12.1. The van der Waals surface area contributed by atoms with Gasteiger partial charge in [-0.05, 0) is 37.2 Å². The Hall–Kier alpha value is -0.590. The number of rotatable bonds is 7. The standard InChI is InChI=1S/C15H26O/c1-3-5-9-13(4-2)12-15(16)14-10-7-6-8-11-14/h10,13H,3-9,11-12H2,1-2H3. The number of carbonyl (C=O) groups is 1. The molecule has 0 saturated carbocycles. The molecule has 0 aromatic heterocycles. The minimum Gasteiger partial charge on any atom is -0.295 e. The number of Topliss-reactive ketones (excluding diaryl/α,β-unsaturated/α-hetero) is 1. The monoisotopic (exact) mass is 222 g/mol. The average Bonchev–Trinajstić information content (AvgIpc) is 2.35. The summed E-state index contributed by atoms with van der Waals surface area (Å²) in [7, 11) is 0. The number of hydrogen-bond acceptors (Lipinski definition) is 1. The molecular formula is C15H26O. The van der Waals surface area contributed by atoms with Crippen LogP contribution in [0.3, 0.4) is 0 Å². The molecule has 0 aromatic rings. The fourth-order valence-corrected chi connectivity index (χ4v) is 2.43. The molecule has 1 nitrogen and oxygen atoms in total. The van der Waals surface area contributed by atoms with E-state index in [0.717, 1.165) is 31.3 Å². The Balaban J connectivity index is 2.38. The van der Waals surface area contributed by atoms with Crippen LogP contribution in [0.25, 0.3) is 0 Å². The number of unbranched alkanes of at least 4 members (excludes halogenated alkanes) is 1. The van der Waals surface area contributed by atoms with Crippen molar-refractivity contribution in [2.24, 2.45) is 5.92 Å². The van der Waals surface area contributed by atoms with Crippen LogP contribution in [0.15, 0.2) is 11.6 Å². The van der Waals surface area contributed by atoms with E-state index in [1.54, 1.807) is 0 Å². The van der Waals surface area contributed by atoms with E-state index in [1.165, 1.54) is 32.1 Å². The van der Waals surface area contributed by atoms with Crippen molar-refractivity contribution in [3.8, 4) is 0 Å². The van der Waals surface area contributed by atoms with Crippen LogP contribution in [0.2, 0.25) is 0 Å². The minimum absolute atomic E-state index is 0.433. The largest absolute Gasteiger partial charge is 0.295 e. The third kappa shape index (κ3) is 4.51. The summed E-state index contributed by atoms with van der Waals surface area (Å²) in [5.41, 5.74) is 1.13. The number of carbonyl (C=O) groups excluding carboxylic acids is 1. The van der Waals surface area contributed by atoms with E-state index in [-0.39, 0.29) is 0 Å². The Morgan fingerprint density at radius 3 is 2.75 bits per heavy atom. The van der Waals surface area contributed by atoms with Gasteiger partial charge in [0.2, 0.25) is 0 Å². The maximum Gasteiger partial charge on any atom is 0.158 e. The lowest BCUT2D eigenvalue weighted by Gasteiger charge is -2.16. The first kappa shape index (κ1) is 13.5. The third-order valence-electron chi connectivity index (χ3n) is 3.67. The van der Waals surface area contributed by atoms with E-state index in [2.05, 4.69) is 19.9 Å². The van der Waals surface area contributed by atoms with Gasteiger partial charge < -0.3 is 0 Å². The first-order valence-electron chi connectivity index (χ1n) is 7.00. The molecule has 1 unspecified atom stereocenters. The van der Waals surface area contributed by atoms with Crippen LogP contribution < -0.4 is 0 Å². The fourth-order valence-electron chi connectivity index (χ4n) is 2.43. The van der Waals surface area contributed by atoms with Gasteiger partial charge in [-0.1, -0.05) is 45.6 Å². The lowest BCUT2D eigenvalue weighted by Crippen LogP contribution is -2.11. The quantitative estimate of drug-likeness (QED) is 0.612. The van der Waals surface area contributed by atoms with Gasteiger partial charge in [-0.15, -0.1) is 0 Å². The highest BCUT2D eigenvalue weighted by Gasteiger charge is 2.16. The van der Waals surface area contributed by atoms with Gasteiger partial charge in [0.25, 0.3) is 0 Å². The second-order valence-corrected chi connectivity index (χ2v) is 5.02. The van der Waals surface area contributed by atoms with Gasteiger partial charge in [-0.25, -0.2) is 0 Å². The summed E-state index contributed by atoms with van der Waals surface area (Å²) >= 11 is 0. The first-order valence-corrected chi connectivity index (χ1v) is 7.00. The van der Waals surface area contributed by atoms with Crippen molar-refractivity contribution in [2.75, 3.05) is 0 Å². The van der Waals surface area contributed by atoms with Gasteiger partial charge in [0.05, 0.1) is 0 Å². The number of ketones is 1. The second-order valence-electron chi connectivity index (χ2n) is 5.02. The highest BCUT2D eigenvalue weighted by molar-refractivity contribution is 5.95. The summed E-state index contributed by atoms with van der Waals surface area (Å²) < 4.78 is 0. The molecule has 1 atom stereocenters. The smallest absolute Gasteiger partial charge is 0.158 e. The lowest BCUT2D eigenvalue weighted by atomic mass is 9.88. The molecule has 0 fully saturated rings. The Morgan fingerprint density at radius 2 is 2.19 bits per heavy atom. The Kier molecular flexibility index (Phi) is 6.44. The van der Waals surface area contributed by atoms with Crippen LogP contribution in [-0.2, 0) is 4.79 Å². The Bertz CT molecular complexity index is 240. The van der Waals surface area contributed by atoms with Gasteiger partial charge in [-0.3, -0.25) is 4.79 Å². The second kappa shape index (κ2) is 7.65. The van der Waals surface area contributed by atoms with Crippen molar-refractivity contribution < 1.29 is 4.79 Å². The van der Waals surface area contributed by atoms with E-state index in [0.29, 0.717) is 11.7 Å². The third-order valence-corrected chi connectivity index (χ3v) is 3.67. The van der Waals surface area contributed by atoms with Crippen LogP contribution >= 0.6 is 0 Å². The minimum atomic E-state index is 0.433. The Labute approximate surface area is 100 Å². The molecule has 16 heavy (non-hydrogen) atoms. The number of hydrogen-bond donors (Lipinski definition) is 0. The van der Waals surface area contributed by atoms with E-state index in [4.69, 9.17) is 0 Å². The summed E-state index contributed by atoms with van der Waals surface area (Å²) in [5.74, 6) is 1.05. The molecule has 0 N–H and O–H groups in total. The van der Waals surface area contributed by atoms with E-state index >= 15 is 0 Å². The van der Waals surface area contributed by atoms with Gasteiger partial charge >= 0.3 is 0 Å². The molecule has 0 aliphatic heterocycles. The summed E-state index contributed by atoms with van der Waals surface area (Å²) in [6, 6.07) is 0. The summed E-state index contributed by atoms with van der Waals surface area (Å²) in [6.07, 6.45) is 12.5. The van der Waals surface area contributed by atoms with Crippen molar-refractivity contribution in [2.45, 2.75) is 71.6 Å². The van der Waals surface area contributed by atoms with E-state index < -0.39 is 0 Å². The van der Waals surface area contributed by atoms with Crippen molar-refractivity contribution >= 4 is 5.78 Å². The highest BCUT2D eigenvalue weighted by atomic mass is 16.1. The number of allylic oxidation sites excluding steroid dienone is 2. The lowest BCUT2D eigenvalue weighted by molar-refractivity contribution is -0.116. The van der Waals surface area contributed by atoms with Gasteiger partial charge in [0.1, 0.15) is 0 Å². The summed E-state index contributed by atoms with van der Waals surface area (Å²) in [6.45, 7) is 4.43. The van der Waals surface area contributed by atoms with E-state index in [1.807, 2.05) is 0 Å². The molecule has 0 aromatic carbocycles. The summed E-state index contributed by atoms with van der Waals surface area (Å²) in [5, 5.41) is 0. The Morgan fingerprint density at radius 1 is 1.38 bits per heavy atom. The van der Waals surface area contributed by atoms with Gasteiger partial charge in [0, 0.05) is 6.42 Å². The molecule has 0 amide bonds. The van der Waals surface area contributed by atoms with Gasteiger partial charge in [-0.2, -0.15) is 0 Å². The normalized spacial score (nSPS) is 18.0. The van der Waals surface area contributed by atoms with Crippen molar-refractivity contribution in [1.82, 2.24) is 0 Å². The van der Waals surface area contributed by atoms with Gasteiger partial charge in [0.15, 0.2) is 5.78 Å². The molecule has 0 saturated heterocycles. The highest BCUT2D eigenvalue weighted by Crippen LogP contribution is 2.23. The molecule has 92 valence electrons. The predicted molar refractivity (Wildman–Crippen MR) is 69.5 cm³/mol. The first-order chi connectivity index (χ1) is 7.77. The molecule has 0 heterocycles. The zero-order valence-electron chi connectivity index (χ0n) is 10.9. The van der Waals surface area contributed by atoms with Crippen molar-refractivity contribution in [1.29, 1.82) is 0 Å². The molecule has 1 aliphatic rings. The molecule has 1 heteroatoms. The topological polar surface area (TPSA) is 17.1 Å². The van der Waals surface area contributed by atoms with Crippen molar-refractivity contribution in [3.63, 3.8) is 0 Å². The fraction of sp³-hybridized carbons (Fsp3) is 0.800. The molecule has 1 aliphatic carbocycles. The van der Waals surface area contributed by atoms with Crippen LogP contribution in [0, 0.1) is 5.92 Å². The maximum atomic E-state index is 12.1. The zero-order chi connectivity index (χ0) is 11.8. The molecule has 0 spiro atoms. The zero-order valence-corrected chi connectivity index (χ0v) is 10.9. The van der Waals surface area contributed by atoms with E-state index in [9.17, 15) is 4.79 Å². The molecule has 0 bridgehead atoms. The van der Waals surface area contributed by atoms with Crippen LogP contribution in [0.4, 0.5) is 0 Å². The van der Waals surface area contributed by atoms with Crippen molar-refractivity contribution in [3.05, 3.63) is 11.6 Å². The molecular weight excluding hydrogens is 196 g/mol. The SMILES string of the molecule is CCCCC(CC)CC(=O)C1=CCCCC1. The molecule has 0 radical (unpaired) electrons. The maximum absolute atomic E-state index is 12.1. The average molecular weight is 222 g/mol. The predicted octanol–water partition coefficient (Wildman–Crippen LogP) is 4.66. The van der Waals surface area contributed by atoms with Crippen LogP contribution in [-0.4, -0.2) is 5.78 Å².